The summed E-state index contributed by atoms with van der Waals surface area (Å²) < 4.78 is 34.9. The van der Waals surface area contributed by atoms with Gasteiger partial charge in [-0.2, -0.15) is 0 Å². The van der Waals surface area contributed by atoms with Gasteiger partial charge in [0.05, 0.1) is 49.6 Å². The third kappa shape index (κ3) is 4.35. The van der Waals surface area contributed by atoms with Crippen LogP contribution in [-0.2, 0) is 14.3 Å². The van der Waals surface area contributed by atoms with Gasteiger partial charge < -0.3 is 38.8 Å². The number of aromatic nitrogens is 1. The lowest BCUT2D eigenvalue weighted by molar-refractivity contribution is -0.141. The zero-order valence-corrected chi connectivity index (χ0v) is 24.6. The smallest absolute Gasteiger partial charge is 0.310 e. The Balaban J connectivity index is 1.21. The standard InChI is InChI=1S/C35H30N2O8/c1-40-28-11-18(12-29(41-2)33(28)38)30-21-13-26-27(45-17-44-26)14-22(21)34(23-15-42-35(39)31(23)30)43-16-36-32-19-7-3-5-9-24(19)37-25-10-6-4-8-20(25)32/h3-14,23,30-31,34,38H,15-17H2,1-2H3,(H,36,37)/t23-,30+,31-,34+/m0/s1. The molecule has 10 nitrogen and oxygen atoms in total. The quantitative estimate of drug-likeness (QED) is 0.132. The number of ether oxygens (including phenoxy) is 6. The number of carbonyl (C=O) groups excluding carboxylic acids is 1. The number of benzene rings is 4. The van der Waals surface area contributed by atoms with E-state index in [1.54, 1.807) is 12.1 Å². The van der Waals surface area contributed by atoms with Crippen molar-refractivity contribution in [3.63, 3.8) is 0 Å². The summed E-state index contributed by atoms with van der Waals surface area (Å²) in [6.07, 6.45) is -0.491. The Bertz CT molecular complexity index is 1900. The molecule has 0 radical (unpaired) electrons. The number of para-hydroxylation sites is 2. The van der Waals surface area contributed by atoms with Gasteiger partial charge in [-0.1, -0.05) is 36.4 Å². The van der Waals surface area contributed by atoms with E-state index in [9.17, 15) is 9.90 Å². The van der Waals surface area contributed by atoms with Crippen LogP contribution >= 0.6 is 0 Å². The lowest BCUT2D eigenvalue weighted by Gasteiger charge is -2.39. The maximum Gasteiger partial charge on any atom is 0.310 e. The molecule has 45 heavy (non-hydrogen) atoms. The number of nitrogens with one attached hydrogen (secondary N) is 1. The Morgan fingerprint density at radius 2 is 1.49 bits per heavy atom. The summed E-state index contributed by atoms with van der Waals surface area (Å²) in [5.41, 5.74) is 5.15. The van der Waals surface area contributed by atoms with E-state index in [2.05, 4.69) is 5.32 Å². The van der Waals surface area contributed by atoms with Gasteiger partial charge in [0.15, 0.2) is 23.0 Å². The molecular weight excluding hydrogens is 576 g/mol. The molecule has 10 heteroatoms. The second kappa shape index (κ2) is 10.7. The lowest BCUT2D eigenvalue weighted by atomic mass is 9.66. The molecule has 8 rings (SSSR count). The van der Waals surface area contributed by atoms with Crippen molar-refractivity contribution in [2.24, 2.45) is 11.8 Å². The molecule has 0 unspecified atom stereocenters. The largest absolute Gasteiger partial charge is 0.502 e. The molecule has 2 aliphatic heterocycles. The number of carbonyl (C=O) groups is 1. The number of methoxy groups -OCH3 is 2. The first kappa shape index (κ1) is 27.3. The summed E-state index contributed by atoms with van der Waals surface area (Å²) in [4.78, 5) is 18.3. The number of anilines is 1. The number of rotatable bonds is 7. The molecule has 228 valence electrons. The van der Waals surface area contributed by atoms with Gasteiger partial charge in [0.2, 0.25) is 12.5 Å². The van der Waals surface area contributed by atoms with E-state index in [1.807, 2.05) is 60.7 Å². The van der Waals surface area contributed by atoms with Crippen molar-refractivity contribution in [3.8, 4) is 28.7 Å². The molecule has 1 fully saturated rings. The van der Waals surface area contributed by atoms with E-state index >= 15 is 0 Å². The number of phenols is 1. The second-order valence-electron chi connectivity index (χ2n) is 11.3. The fourth-order valence-electron chi connectivity index (χ4n) is 7.05. The molecule has 1 aliphatic carbocycles. The van der Waals surface area contributed by atoms with Gasteiger partial charge in [-0.3, -0.25) is 4.79 Å². The van der Waals surface area contributed by atoms with Gasteiger partial charge in [0.25, 0.3) is 0 Å². The number of aromatic hydroxyl groups is 1. The third-order valence-electron chi connectivity index (χ3n) is 9.08. The fourth-order valence-corrected chi connectivity index (χ4v) is 7.05. The van der Waals surface area contributed by atoms with Gasteiger partial charge in [0, 0.05) is 22.6 Å². The molecule has 0 saturated carbocycles. The number of esters is 1. The Morgan fingerprint density at radius 1 is 0.867 bits per heavy atom. The minimum Gasteiger partial charge on any atom is -0.502 e. The zero-order chi connectivity index (χ0) is 30.7. The van der Waals surface area contributed by atoms with Crippen molar-refractivity contribution in [3.05, 3.63) is 89.5 Å². The van der Waals surface area contributed by atoms with Crippen LogP contribution in [-0.4, -0.2) is 50.4 Å². The Hall–Kier alpha value is -5.22. The number of hydrogen-bond donors (Lipinski definition) is 2. The Morgan fingerprint density at radius 3 is 2.13 bits per heavy atom. The van der Waals surface area contributed by atoms with E-state index in [4.69, 9.17) is 33.4 Å². The van der Waals surface area contributed by atoms with Crippen LogP contribution in [0.5, 0.6) is 28.7 Å². The van der Waals surface area contributed by atoms with Crippen molar-refractivity contribution < 1.29 is 38.3 Å². The fraction of sp³-hybridized carbons (Fsp3) is 0.257. The van der Waals surface area contributed by atoms with Crippen LogP contribution < -0.4 is 24.3 Å². The lowest BCUT2D eigenvalue weighted by Crippen LogP contribution is -2.36. The summed E-state index contributed by atoms with van der Waals surface area (Å²) in [6, 6.07) is 23.3. The van der Waals surface area contributed by atoms with Gasteiger partial charge in [-0.05, 0) is 53.1 Å². The molecule has 1 saturated heterocycles. The Labute approximate surface area is 258 Å². The van der Waals surface area contributed by atoms with Gasteiger partial charge in [-0.15, -0.1) is 0 Å². The molecule has 4 aromatic carbocycles. The average molecular weight is 607 g/mol. The van der Waals surface area contributed by atoms with Crippen molar-refractivity contribution in [2.75, 3.05) is 39.7 Å². The predicted molar refractivity (Wildman–Crippen MR) is 165 cm³/mol. The van der Waals surface area contributed by atoms with Crippen LogP contribution in [0.2, 0.25) is 0 Å². The first-order valence-corrected chi connectivity index (χ1v) is 14.7. The minimum atomic E-state index is -0.565. The topological polar surface area (TPSA) is 118 Å². The van der Waals surface area contributed by atoms with Crippen LogP contribution in [0.15, 0.2) is 72.8 Å². The molecule has 3 heterocycles. The van der Waals surface area contributed by atoms with Crippen LogP contribution in [0.1, 0.15) is 28.7 Å². The number of nitrogens with zero attached hydrogens (tertiary/aromatic N) is 1. The summed E-state index contributed by atoms with van der Waals surface area (Å²) >= 11 is 0. The predicted octanol–water partition coefficient (Wildman–Crippen LogP) is 5.90. The molecule has 1 aromatic heterocycles. The van der Waals surface area contributed by atoms with Crippen LogP contribution in [0, 0.1) is 11.8 Å². The molecule has 2 N–H and O–H groups in total. The van der Waals surface area contributed by atoms with E-state index in [0.717, 1.165) is 44.2 Å². The monoisotopic (exact) mass is 606 g/mol. The molecule has 4 atom stereocenters. The molecular formula is C35H30N2O8. The maximum atomic E-state index is 13.5. The van der Waals surface area contributed by atoms with Gasteiger partial charge >= 0.3 is 5.97 Å². The van der Waals surface area contributed by atoms with Crippen LogP contribution in [0.25, 0.3) is 21.8 Å². The highest BCUT2D eigenvalue weighted by Crippen LogP contribution is 2.56. The van der Waals surface area contributed by atoms with E-state index < -0.39 is 17.9 Å². The normalized spacial score (nSPS) is 21.3. The summed E-state index contributed by atoms with van der Waals surface area (Å²) in [5, 5.41) is 16.1. The van der Waals surface area contributed by atoms with Crippen molar-refractivity contribution in [1.29, 1.82) is 0 Å². The summed E-state index contributed by atoms with van der Waals surface area (Å²) in [6.45, 7) is 0.472. The molecule has 0 spiro atoms. The van der Waals surface area contributed by atoms with Crippen LogP contribution in [0.3, 0.4) is 0 Å². The highest BCUT2D eigenvalue weighted by atomic mass is 16.7. The molecule has 0 amide bonds. The number of pyridine rings is 1. The second-order valence-corrected chi connectivity index (χ2v) is 11.3. The highest BCUT2D eigenvalue weighted by Gasteiger charge is 2.53. The van der Waals surface area contributed by atoms with Crippen LogP contribution in [0.4, 0.5) is 5.69 Å². The van der Waals surface area contributed by atoms with Gasteiger partial charge in [0.1, 0.15) is 6.73 Å². The maximum absolute atomic E-state index is 13.5. The first-order chi connectivity index (χ1) is 22.1. The molecule has 5 aromatic rings. The SMILES string of the molecule is COc1cc([C@@H]2c3cc4c(cc3[C@@H](OCNc3c5ccccc5nc5ccccc35)[C@H]3COC(=O)[C@H]23)OCO4)cc(OC)c1O. The van der Waals surface area contributed by atoms with Crippen molar-refractivity contribution >= 4 is 33.5 Å². The minimum absolute atomic E-state index is 0.105. The van der Waals surface area contributed by atoms with E-state index in [1.165, 1.54) is 14.2 Å². The molecule has 0 bridgehead atoms. The summed E-state index contributed by atoms with van der Waals surface area (Å²) in [5.74, 6) is -0.0379. The first-order valence-electron chi connectivity index (χ1n) is 14.7. The van der Waals surface area contributed by atoms with Crippen molar-refractivity contribution in [2.45, 2.75) is 12.0 Å². The zero-order valence-electron chi connectivity index (χ0n) is 24.6. The van der Waals surface area contributed by atoms with E-state index in [-0.39, 0.29) is 49.3 Å². The average Bonchev–Trinajstić information content (AvgIpc) is 3.69. The number of fused-ring (bicyclic) bond motifs is 5. The van der Waals surface area contributed by atoms with E-state index in [0.29, 0.717) is 11.5 Å². The highest BCUT2D eigenvalue weighted by molar-refractivity contribution is 6.07. The Kier molecular flexibility index (Phi) is 6.53. The van der Waals surface area contributed by atoms with Gasteiger partial charge in [-0.25, -0.2) is 4.98 Å². The summed E-state index contributed by atoms with van der Waals surface area (Å²) in [7, 11) is 2.95. The van der Waals surface area contributed by atoms with Crippen molar-refractivity contribution in [1.82, 2.24) is 4.98 Å². The number of hydrogen-bond acceptors (Lipinski definition) is 10. The third-order valence-corrected chi connectivity index (χ3v) is 9.08. The number of phenolic OH excluding ortho intramolecular Hbond substituents is 1. The number of cyclic esters (lactones) is 1. The molecule has 3 aliphatic rings.